The second kappa shape index (κ2) is 41.3. The number of aromatic nitrogens is 6. The minimum absolute atomic E-state index is 0.0485. The number of carbonyl (C=O) groups excluding carboxylic acids is 9. The van der Waals surface area contributed by atoms with Gasteiger partial charge in [0.2, 0.25) is 5.91 Å². The van der Waals surface area contributed by atoms with Crippen molar-refractivity contribution < 1.29 is 95.4 Å². The van der Waals surface area contributed by atoms with Crippen LogP contribution in [0.15, 0.2) is 60.9 Å². The average Bonchev–Trinajstić information content (AvgIpc) is 1.62. The summed E-state index contributed by atoms with van der Waals surface area (Å²) in [5.41, 5.74) is -2.10. The molecule has 0 radical (unpaired) electrons. The van der Waals surface area contributed by atoms with Gasteiger partial charge in [-0.2, -0.15) is 0 Å². The molecule has 1 N–H and O–H groups in total. The number of anilines is 1. The van der Waals surface area contributed by atoms with Crippen molar-refractivity contribution in [2.24, 2.45) is 59.2 Å². The molecule has 0 aliphatic carbocycles. The number of nitro groups is 1. The van der Waals surface area contributed by atoms with Crippen LogP contribution in [0.1, 0.15) is 196 Å². The summed E-state index contributed by atoms with van der Waals surface area (Å²) in [6.07, 6.45) is 1.66. The van der Waals surface area contributed by atoms with Crippen molar-refractivity contribution in [3.8, 4) is 22.5 Å². The van der Waals surface area contributed by atoms with E-state index in [0.717, 1.165) is 18.4 Å². The van der Waals surface area contributed by atoms with Gasteiger partial charge in [-0.25, -0.2) is 9.59 Å². The number of rotatable bonds is 24. The van der Waals surface area contributed by atoms with Crippen LogP contribution in [0.3, 0.4) is 0 Å². The molecule has 6 fully saturated rings. The molecular formula is C90H136N12O21. The second-order valence-electron chi connectivity index (χ2n) is 36.7. The normalized spacial score (nSPS) is 35.2. The Labute approximate surface area is 724 Å². The number of aryl methyl sites for hydroxylation is 2. The topological polar surface area (TPSA) is 375 Å². The maximum atomic E-state index is 14.8. The number of ketones is 4. The molecule has 4 aromatic rings. The summed E-state index contributed by atoms with van der Waals surface area (Å²) in [7, 11) is 11.2. The van der Waals surface area contributed by atoms with Gasteiger partial charge in [-0.3, -0.25) is 53.0 Å². The molecule has 0 bridgehead atoms. The van der Waals surface area contributed by atoms with Gasteiger partial charge in [0.15, 0.2) is 35.3 Å². The van der Waals surface area contributed by atoms with Crippen molar-refractivity contribution >= 4 is 64.5 Å². The van der Waals surface area contributed by atoms with Crippen molar-refractivity contribution in [1.82, 2.24) is 49.6 Å². The maximum absolute atomic E-state index is 14.8. The number of nitrogens with one attached hydrogen (secondary N) is 1. The molecule has 123 heavy (non-hydrogen) atoms. The van der Waals surface area contributed by atoms with Crippen LogP contribution >= 0.6 is 0 Å². The van der Waals surface area contributed by atoms with E-state index >= 15 is 0 Å². The molecule has 0 saturated carbocycles. The predicted octanol–water partition coefficient (Wildman–Crippen LogP) is 12.3. The average molecular weight is 1720 g/mol. The van der Waals surface area contributed by atoms with Crippen LogP contribution < -0.4 is 5.32 Å². The number of nitro benzene ring substituents is 1. The summed E-state index contributed by atoms with van der Waals surface area (Å²) in [4.78, 5) is 144. The maximum Gasteiger partial charge on any atom is 0.410 e. The predicted molar refractivity (Wildman–Crippen MR) is 456 cm³/mol. The summed E-state index contributed by atoms with van der Waals surface area (Å²) in [5, 5.41) is 31.1. The van der Waals surface area contributed by atoms with E-state index in [0.29, 0.717) is 61.4 Å². The van der Waals surface area contributed by atoms with E-state index in [9.17, 15) is 53.3 Å². The zero-order valence-corrected chi connectivity index (χ0v) is 76.9. The molecule has 3 amide bonds. The van der Waals surface area contributed by atoms with Gasteiger partial charge >= 0.3 is 24.1 Å². The third-order valence-electron chi connectivity index (χ3n) is 27.0. The number of nitrogens with zero attached hydrogens (tertiary/aromatic N) is 11. The molecule has 8 heterocycles. The number of fused-ring (bicyclic) bond motifs is 2. The summed E-state index contributed by atoms with van der Waals surface area (Å²) in [6.45, 7) is 35.5. The smallest absolute Gasteiger partial charge is 0.410 e. The zero-order chi connectivity index (χ0) is 91.0. The molecule has 10 rings (SSSR count). The number of unbranched alkanes of at least 4 members (excludes halogenated alkanes) is 2. The molecular weight excluding hydrogens is 1590 g/mol. The van der Waals surface area contributed by atoms with Crippen LogP contribution in [-0.2, 0) is 94.0 Å². The largest absolute Gasteiger partial charge is 0.458 e. The highest BCUT2D eigenvalue weighted by molar-refractivity contribution is 6.01. The molecule has 6 saturated heterocycles. The highest BCUT2D eigenvalue weighted by atomic mass is 16.7. The number of methoxy groups -OCH3 is 2. The summed E-state index contributed by atoms with van der Waals surface area (Å²) in [6, 6.07) is 12.2. The van der Waals surface area contributed by atoms with Crippen LogP contribution in [0.2, 0.25) is 0 Å². The van der Waals surface area contributed by atoms with Crippen molar-refractivity contribution in [3.63, 3.8) is 0 Å². The van der Waals surface area contributed by atoms with Crippen LogP contribution in [-0.4, -0.2) is 259 Å². The van der Waals surface area contributed by atoms with Crippen LogP contribution in [0, 0.1) is 69.3 Å². The van der Waals surface area contributed by atoms with Gasteiger partial charge in [-0.05, 0) is 160 Å². The number of hydrogen-bond acceptors (Lipinski definition) is 27. The molecule has 33 heteroatoms. The van der Waals surface area contributed by atoms with Crippen LogP contribution in [0.4, 0.5) is 21.0 Å². The van der Waals surface area contributed by atoms with Crippen molar-refractivity contribution in [3.05, 3.63) is 71.0 Å². The molecule has 2 aromatic heterocycles. The van der Waals surface area contributed by atoms with Gasteiger partial charge in [0.05, 0.1) is 65.0 Å². The van der Waals surface area contributed by atoms with Gasteiger partial charge in [0.1, 0.15) is 47.0 Å². The Hall–Kier alpha value is -8.57. The second-order valence-corrected chi connectivity index (χ2v) is 36.7. The summed E-state index contributed by atoms with van der Waals surface area (Å²) in [5.74, 6) is -9.74. The number of non-ortho nitro benzene ring substituents is 1. The monoisotopic (exact) mass is 1720 g/mol. The quantitative estimate of drug-likeness (QED) is 0.0170. The minimum atomic E-state index is -1.43. The van der Waals surface area contributed by atoms with Gasteiger partial charge in [-0.1, -0.05) is 104 Å². The number of ether oxygens (including phenoxy) is 10. The number of hydrogen-bond donors (Lipinski definition) is 1. The Morgan fingerprint density at radius 2 is 0.935 bits per heavy atom. The zero-order valence-electron chi connectivity index (χ0n) is 76.9. The number of cyclic esters (lactones) is 2. The number of amides is 3. The fraction of sp³-hybridized carbons (Fsp3) is 0.722. The summed E-state index contributed by atoms with van der Waals surface area (Å²) < 4.78 is 67.0. The Bertz CT molecular complexity index is 4370. The Kier molecular flexibility index (Phi) is 32.9. The third-order valence-corrected chi connectivity index (χ3v) is 27.0. The van der Waals surface area contributed by atoms with Crippen molar-refractivity contribution in [2.45, 2.75) is 305 Å². The molecule has 0 unspecified atom stereocenters. The highest BCUT2D eigenvalue weighted by Gasteiger charge is 2.63. The first-order valence-electron chi connectivity index (χ1n) is 43.9. The number of benzene rings is 2. The first-order chi connectivity index (χ1) is 57.8. The lowest BCUT2D eigenvalue weighted by Gasteiger charge is -2.47. The fourth-order valence-electron chi connectivity index (χ4n) is 20.0. The van der Waals surface area contributed by atoms with Gasteiger partial charge < -0.3 is 72.3 Å². The third kappa shape index (κ3) is 21.9. The number of esters is 2. The molecule has 6 aliphatic heterocycles. The lowest BCUT2D eigenvalue weighted by atomic mass is 9.73. The first-order valence-corrected chi connectivity index (χ1v) is 43.9. The number of Topliss-reactive ketones (excluding diaryl/α,β-unsaturated/α-hetero) is 4. The lowest BCUT2D eigenvalue weighted by molar-refractivity contribution is -0.384. The number of carbonyl (C=O) groups is 9. The van der Waals surface area contributed by atoms with E-state index < -0.39 is 159 Å². The van der Waals surface area contributed by atoms with Crippen molar-refractivity contribution in [1.29, 1.82) is 0 Å². The molecule has 33 nitrogen and oxygen atoms in total. The van der Waals surface area contributed by atoms with Gasteiger partial charge in [0, 0.05) is 136 Å². The van der Waals surface area contributed by atoms with Crippen LogP contribution in [0.25, 0.3) is 22.5 Å². The van der Waals surface area contributed by atoms with E-state index in [1.54, 1.807) is 85.3 Å². The lowest BCUT2D eigenvalue weighted by Crippen LogP contribution is -2.59. The molecule has 6 aliphatic rings. The van der Waals surface area contributed by atoms with Gasteiger partial charge in [-0.15, -0.1) is 10.2 Å². The SMILES string of the molecule is CC[C@H]1OC(=O)[C@H](C)C(=O)[C@H](C)[C@@H](O[C@@H]2O[C@H](C)C[C@H](N(C)C)[C@H]2C)[C@@](C)(OC)C[C@@H](C)C(=O)[C@H](C)[C@@H]2N(CCCCn3cc(-c4cccc(NC(C)=O)c4)nn3)C(=O)O[C@@]21C.CC[C@H]1OC(=O)[C@H](C)C(=O)[C@H](C)[C@@H](O[C@@H]2O[C@H](C)C[C@H](N(C)C)[C@H]2C)[C@@](C)(OC)C[C@@H](C)C(=O)[C@H](C)[C@@H]2N(CCCCn3cc(-c4cccc([N+](=O)[O-])c4)nn3)C(=O)O[C@@]21C. The molecule has 26 atom stereocenters. The van der Waals surface area contributed by atoms with Gasteiger partial charge in [0.25, 0.3) is 5.69 Å². The minimum Gasteiger partial charge on any atom is -0.458 e. The van der Waals surface area contributed by atoms with E-state index in [1.807, 2.05) is 115 Å². The Morgan fingerprint density at radius 3 is 1.30 bits per heavy atom. The van der Waals surface area contributed by atoms with E-state index in [1.165, 1.54) is 40.0 Å². The fourth-order valence-corrected chi connectivity index (χ4v) is 20.0. The van der Waals surface area contributed by atoms with E-state index in [2.05, 4.69) is 49.6 Å². The molecule has 682 valence electrons. The Balaban J connectivity index is 0.000000279. The molecule has 0 spiro atoms. The van der Waals surface area contributed by atoms with E-state index in [-0.39, 0.29) is 98.1 Å². The van der Waals surface area contributed by atoms with Crippen LogP contribution in [0.5, 0.6) is 0 Å². The first kappa shape index (κ1) is 98.2. The Morgan fingerprint density at radius 1 is 0.553 bits per heavy atom. The standard InChI is InChI=1S/C46H70N6O10.C44H66N6O11/c1-14-37-46(10)40(52(44(57)62-46)21-16-15-20-51-25-35(48-49-51)33-18-17-19-34(23-33)47-32(8)53)29(5)38(54)26(2)24-45(9,58-13)41(30(6)39(55)31(7)42(56)60-37)61-43-28(4)36(50(11)12)22-27(3)59-43;1-13-35-44(9)38(49(42(54)61-44)20-15-14-19-48-24-33(45-46-48)31-17-16-18-32(22-31)50(55)56)28(5)36(51)25(2)23-43(8,57-12)39(29(6)37(52)30(7)40(53)59-35)60-41-27(4)34(47(10)11)21-26(3)58-41/h17-19,23,25-31,36-37,40-41,43H,14-16,20-22,24H2,1-13H3,(H,47,53);16-18,22,24-30,34-35,38-39,41H,13-15,19-21,23H2,1-12H3/t26-,27-,28-,29+,30+,31-,36+,37-,40+,41-,43+,45+,46-;25-,26-,27-,28+,29+,30-,34+,35-,38+,39-,41+,43+,44-/m11/s1. The highest BCUT2D eigenvalue weighted by Crippen LogP contribution is 2.47. The summed E-state index contributed by atoms with van der Waals surface area (Å²) >= 11 is 0. The van der Waals surface area contributed by atoms with Crippen molar-refractivity contribution in [2.75, 3.05) is 60.8 Å². The molecule has 2 aromatic carbocycles. The van der Waals surface area contributed by atoms with E-state index in [4.69, 9.17) is 47.4 Å².